The van der Waals surface area contributed by atoms with Crippen LogP contribution in [0.2, 0.25) is 0 Å². The molecule has 0 saturated carbocycles. The third-order valence-corrected chi connectivity index (χ3v) is 4.39. The number of anilines is 1. The third kappa shape index (κ3) is 3.59. The molecule has 2 aromatic rings. The van der Waals surface area contributed by atoms with Crippen LogP contribution in [0, 0.1) is 0 Å². The summed E-state index contributed by atoms with van der Waals surface area (Å²) in [5.74, 6) is 6.74. The zero-order valence-electron chi connectivity index (χ0n) is 9.94. The van der Waals surface area contributed by atoms with E-state index >= 15 is 0 Å². The zero-order valence-corrected chi connectivity index (χ0v) is 13.9. The average Bonchev–Trinajstić information content (AvgIpc) is 2.87. The molecule has 8 heteroatoms. The Morgan fingerprint density at radius 2 is 2.00 bits per heavy atom. The van der Waals surface area contributed by atoms with Crippen LogP contribution in [0.15, 0.2) is 27.3 Å². The molecule has 1 aromatic carbocycles. The van der Waals surface area contributed by atoms with Crippen LogP contribution < -0.4 is 20.7 Å². The van der Waals surface area contributed by atoms with Gasteiger partial charge in [-0.3, -0.25) is 5.43 Å². The molecule has 0 radical (unpaired) electrons. The van der Waals surface area contributed by atoms with Crippen LogP contribution in [-0.2, 0) is 6.61 Å². The Balaban J connectivity index is 2.09. The Bertz CT molecular complexity index is 577. The Kier molecular flexibility index (Phi) is 5.03. The molecule has 3 N–H and O–H groups in total. The highest BCUT2D eigenvalue weighted by molar-refractivity contribution is 9.11. The number of nitrogen functional groups attached to an aromatic ring is 1. The molecule has 0 spiro atoms. The van der Waals surface area contributed by atoms with Gasteiger partial charge in [-0.2, -0.15) is 0 Å². The van der Waals surface area contributed by atoms with Gasteiger partial charge in [0.25, 0.3) is 0 Å². The molecule has 0 fully saturated rings. The number of hydrazine groups is 1. The maximum atomic E-state index is 5.73. The van der Waals surface area contributed by atoms with Crippen LogP contribution in [0.3, 0.4) is 0 Å². The van der Waals surface area contributed by atoms with Crippen molar-refractivity contribution in [2.24, 2.45) is 5.84 Å². The Morgan fingerprint density at radius 1 is 1.32 bits per heavy atom. The fourth-order valence-electron chi connectivity index (χ4n) is 1.37. The Labute approximate surface area is 131 Å². The minimum absolute atomic E-state index is 0.427. The first kappa shape index (κ1) is 14.6. The van der Waals surface area contributed by atoms with Crippen molar-refractivity contribution in [3.8, 4) is 11.5 Å². The Morgan fingerprint density at radius 3 is 2.63 bits per heavy atom. The van der Waals surface area contributed by atoms with Crippen molar-refractivity contribution >= 4 is 48.3 Å². The number of rotatable bonds is 5. The second-order valence-electron chi connectivity index (χ2n) is 3.48. The number of aromatic nitrogens is 1. The minimum Gasteiger partial charge on any atom is -0.496 e. The molecule has 5 nitrogen and oxygen atoms in total. The molecule has 0 bridgehead atoms. The lowest BCUT2D eigenvalue weighted by Gasteiger charge is -2.10. The maximum absolute atomic E-state index is 5.73. The molecule has 0 saturated heterocycles. The van der Waals surface area contributed by atoms with Crippen molar-refractivity contribution in [3.63, 3.8) is 0 Å². The van der Waals surface area contributed by atoms with E-state index in [2.05, 4.69) is 42.3 Å². The number of thiazole rings is 1. The van der Waals surface area contributed by atoms with Crippen molar-refractivity contribution in [2.75, 3.05) is 12.5 Å². The van der Waals surface area contributed by atoms with E-state index in [9.17, 15) is 0 Å². The topological polar surface area (TPSA) is 69.4 Å². The van der Waals surface area contributed by atoms with E-state index in [0.29, 0.717) is 11.7 Å². The predicted molar refractivity (Wildman–Crippen MR) is 82.7 cm³/mol. The summed E-state index contributed by atoms with van der Waals surface area (Å²) < 4.78 is 12.6. The Hall–Kier alpha value is -0.830. The van der Waals surface area contributed by atoms with E-state index in [4.69, 9.17) is 15.3 Å². The number of nitrogens with zero attached hydrogens (tertiary/aromatic N) is 1. The highest BCUT2D eigenvalue weighted by Gasteiger charge is 2.09. The summed E-state index contributed by atoms with van der Waals surface area (Å²) in [6, 6.07) is 3.70. The fraction of sp³-hybridized carbons (Fsp3) is 0.182. The summed E-state index contributed by atoms with van der Waals surface area (Å²) in [7, 11) is 1.62. The van der Waals surface area contributed by atoms with Crippen LogP contribution in [0.5, 0.6) is 11.5 Å². The van der Waals surface area contributed by atoms with Gasteiger partial charge in [-0.25, -0.2) is 10.8 Å². The van der Waals surface area contributed by atoms with Gasteiger partial charge in [0.05, 0.1) is 20.9 Å². The number of nitrogens with one attached hydrogen (secondary N) is 1. The van der Waals surface area contributed by atoms with Gasteiger partial charge in [-0.05, 0) is 44.0 Å². The number of methoxy groups -OCH3 is 1. The largest absolute Gasteiger partial charge is 0.496 e. The van der Waals surface area contributed by atoms with Gasteiger partial charge >= 0.3 is 0 Å². The first-order valence-corrected chi connectivity index (χ1v) is 7.61. The van der Waals surface area contributed by atoms with Gasteiger partial charge in [0, 0.05) is 6.20 Å². The molecule has 2 rings (SSSR count). The van der Waals surface area contributed by atoms with Crippen LogP contribution in [0.25, 0.3) is 0 Å². The lowest BCUT2D eigenvalue weighted by atomic mass is 10.3. The lowest BCUT2D eigenvalue weighted by molar-refractivity contribution is 0.306. The van der Waals surface area contributed by atoms with Crippen molar-refractivity contribution in [2.45, 2.75) is 6.61 Å². The number of halogens is 2. The summed E-state index contributed by atoms with van der Waals surface area (Å²) in [5.41, 5.74) is 2.50. The molecule has 0 unspecified atom stereocenters. The molecule has 1 aromatic heterocycles. The maximum Gasteiger partial charge on any atom is 0.197 e. The lowest BCUT2D eigenvalue weighted by Crippen LogP contribution is -2.05. The molecular weight excluding hydrogens is 398 g/mol. The van der Waals surface area contributed by atoms with Gasteiger partial charge < -0.3 is 9.47 Å². The minimum atomic E-state index is 0.427. The van der Waals surface area contributed by atoms with Gasteiger partial charge in [0.15, 0.2) is 5.13 Å². The molecule has 102 valence electrons. The number of hydrogen-bond acceptors (Lipinski definition) is 6. The summed E-state index contributed by atoms with van der Waals surface area (Å²) >= 11 is 8.31. The van der Waals surface area contributed by atoms with Gasteiger partial charge in [-0.15, -0.1) is 0 Å². The molecule has 0 aliphatic rings. The second kappa shape index (κ2) is 6.56. The predicted octanol–water partition coefficient (Wildman–Crippen LogP) is 3.54. The molecule has 19 heavy (non-hydrogen) atoms. The highest BCUT2D eigenvalue weighted by atomic mass is 79.9. The summed E-state index contributed by atoms with van der Waals surface area (Å²) in [5, 5.41) is 0.661. The van der Waals surface area contributed by atoms with Gasteiger partial charge in [0.1, 0.15) is 18.1 Å². The average molecular weight is 409 g/mol. The van der Waals surface area contributed by atoms with E-state index in [1.807, 2.05) is 12.1 Å². The normalized spacial score (nSPS) is 10.3. The molecule has 0 aliphatic carbocycles. The number of nitrogens with two attached hydrogens (primary N) is 1. The summed E-state index contributed by atoms with van der Waals surface area (Å²) in [4.78, 5) is 5.05. The van der Waals surface area contributed by atoms with E-state index in [-0.39, 0.29) is 0 Å². The zero-order chi connectivity index (χ0) is 13.8. The van der Waals surface area contributed by atoms with Gasteiger partial charge in [0.2, 0.25) is 0 Å². The first-order valence-electron chi connectivity index (χ1n) is 5.21. The van der Waals surface area contributed by atoms with Crippen molar-refractivity contribution in [1.29, 1.82) is 0 Å². The van der Waals surface area contributed by atoms with Crippen molar-refractivity contribution in [3.05, 3.63) is 32.2 Å². The van der Waals surface area contributed by atoms with Crippen LogP contribution in [0.4, 0.5) is 5.13 Å². The van der Waals surface area contributed by atoms with Crippen LogP contribution >= 0.6 is 43.2 Å². The monoisotopic (exact) mass is 407 g/mol. The second-order valence-corrected chi connectivity index (χ2v) is 6.31. The number of ether oxygens (including phenoxy) is 2. The van der Waals surface area contributed by atoms with Crippen LogP contribution in [0.1, 0.15) is 4.88 Å². The number of benzene rings is 1. The summed E-state index contributed by atoms with van der Waals surface area (Å²) in [6.45, 7) is 0.427. The molecule has 0 atom stereocenters. The highest BCUT2D eigenvalue weighted by Crippen LogP contribution is 2.36. The van der Waals surface area contributed by atoms with Crippen LogP contribution in [-0.4, -0.2) is 12.1 Å². The van der Waals surface area contributed by atoms with E-state index in [1.54, 1.807) is 13.3 Å². The standard InChI is InChI=1S/C11H11Br2N3O2S/c1-17-9-2-8(13)10(3-7(9)12)18-5-6-4-15-11(16-14)19-6/h2-4H,5,14H2,1H3,(H,15,16). The van der Waals surface area contributed by atoms with E-state index in [1.165, 1.54) is 11.3 Å². The number of hydrogen-bond donors (Lipinski definition) is 2. The molecule has 0 amide bonds. The summed E-state index contributed by atoms with van der Waals surface area (Å²) in [6.07, 6.45) is 1.73. The third-order valence-electron chi connectivity index (χ3n) is 2.25. The molecular formula is C11H11Br2N3O2S. The first-order chi connectivity index (χ1) is 9.13. The van der Waals surface area contributed by atoms with Crippen molar-refractivity contribution < 1.29 is 9.47 Å². The smallest absolute Gasteiger partial charge is 0.197 e. The molecule has 0 aliphatic heterocycles. The quantitative estimate of drug-likeness (QED) is 0.584. The molecule has 1 heterocycles. The SMILES string of the molecule is COc1cc(Br)c(OCc2cnc(NN)s2)cc1Br. The van der Waals surface area contributed by atoms with Crippen molar-refractivity contribution in [1.82, 2.24) is 4.98 Å². The van der Waals surface area contributed by atoms with E-state index in [0.717, 1.165) is 25.3 Å². The van der Waals surface area contributed by atoms with Gasteiger partial charge in [-0.1, -0.05) is 11.3 Å². The fourth-order valence-corrected chi connectivity index (χ4v) is 2.92. The van der Waals surface area contributed by atoms with E-state index < -0.39 is 0 Å².